The Hall–Kier alpha value is -3.72. The molecule has 1 aromatic heterocycles. The number of unbranched alkanes of at least 4 members (excludes halogenated alkanes) is 1. The molecule has 0 bridgehead atoms. The molecule has 0 aliphatic carbocycles. The highest BCUT2D eigenvalue weighted by Crippen LogP contribution is 2.09. The lowest BCUT2D eigenvalue weighted by Gasteiger charge is -2.25. The van der Waals surface area contributed by atoms with Gasteiger partial charge in [-0.15, -0.1) is 0 Å². The van der Waals surface area contributed by atoms with E-state index in [1.807, 2.05) is 0 Å². The lowest BCUT2D eigenvalue weighted by Crippen LogP contribution is -2.57. The van der Waals surface area contributed by atoms with Crippen LogP contribution >= 0.6 is 0 Å². The maximum absolute atomic E-state index is 13.3. The smallest absolute Gasteiger partial charge is 0.326 e. The fourth-order valence-electron chi connectivity index (χ4n) is 4.08. The number of imidazole rings is 1. The minimum absolute atomic E-state index is 0.0115. The summed E-state index contributed by atoms with van der Waals surface area (Å²) in [4.78, 5) is 61.5. The summed E-state index contributed by atoms with van der Waals surface area (Å²) >= 11 is 0. The topological polar surface area (TPSA) is 256 Å². The highest BCUT2D eigenvalue weighted by atomic mass is 16.4. The van der Waals surface area contributed by atoms with Crippen LogP contribution in [0.3, 0.4) is 0 Å². The Labute approximate surface area is 221 Å². The summed E-state index contributed by atoms with van der Waals surface area (Å²) in [5.74, 6) is -2.82. The Kier molecular flexibility index (Phi) is 13.0. The van der Waals surface area contributed by atoms with E-state index in [1.54, 1.807) is 0 Å². The number of nitrogens with one attached hydrogen (secondary N) is 5. The Balaban J connectivity index is 2.11. The van der Waals surface area contributed by atoms with Crippen LogP contribution < -0.4 is 38.5 Å². The van der Waals surface area contributed by atoms with Crippen LogP contribution in [0, 0.1) is 0 Å². The predicted octanol–water partition coefficient (Wildman–Crippen LogP) is -2.57. The van der Waals surface area contributed by atoms with Crippen LogP contribution in [0.1, 0.15) is 50.6 Å². The maximum Gasteiger partial charge on any atom is 0.326 e. The second kappa shape index (κ2) is 16.2. The molecule has 0 aromatic carbocycles. The largest absolute Gasteiger partial charge is 0.480 e. The first kappa shape index (κ1) is 30.5. The summed E-state index contributed by atoms with van der Waals surface area (Å²) < 4.78 is 0. The number of rotatable bonds is 17. The second-order valence-corrected chi connectivity index (χ2v) is 9.18. The van der Waals surface area contributed by atoms with Gasteiger partial charge < -0.3 is 48.6 Å². The third kappa shape index (κ3) is 10.7. The molecule has 3 amide bonds. The standard InChI is InChI=1S/C23H40N10O5/c24-8-2-1-5-16(21(36)33-18(22(37)38)11-14-12-27-13-30-14)32-20(35)17(7-4-10-29-23(25)26)31-19(34)15-6-3-9-28-15/h12-13,15-18,28H,1-11,24H2,(H,27,30)(H,31,34)(H,32,35)(H,33,36)(H,37,38)(H4,25,26,29). The molecule has 212 valence electrons. The van der Waals surface area contributed by atoms with Gasteiger partial charge in [0.05, 0.1) is 12.4 Å². The van der Waals surface area contributed by atoms with Crippen molar-refractivity contribution in [2.45, 2.75) is 75.5 Å². The summed E-state index contributed by atoms with van der Waals surface area (Å²) in [5.41, 5.74) is 16.8. The van der Waals surface area contributed by atoms with Gasteiger partial charge in [-0.25, -0.2) is 9.78 Å². The van der Waals surface area contributed by atoms with Crippen LogP contribution in [0.2, 0.25) is 0 Å². The lowest BCUT2D eigenvalue weighted by atomic mass is 10.0. The zero-order valence-electron chi connectivity index (χ0n) is 21.4. The molecule has 1 aliphatic rings. The number of carbonyl (C=O) groups excluding carboxylic acids is 3. The fourth-order valence-corrected chi connectivity index (χ4v) is 4.08. The number of aliphatic carboxylic acids is 1. The number of carboxylic acids is 1. The molecule has 15 nitrogen and oxygen atoms in total. The molecule has 0 radical (unpaired) electrons. The van der Waals surface area contributed by atoms with Gasteiger partial charge in [0, 0.05) is 24.9 Å². The molecule has 4 atom stereocenters. The molecule has 1 aromatic rings. The van der Waals surface area contributed by atoms with Crippen LogP contribution in [0.25, 0.3) is 0 Å². The number of guanidine groups is 1. The van der Waals surface area contributed by atoms with Crippen molar-refractivity contribution in [1.29, 1.82) is 0 Å². The van der Waals surface area contributed by atoms with E-state index in [-0.39, 0.29) is 37.7 Å². The van der Waals surface area contributed by atoms with Crippen molar-refractivity contribution in [3.05, 3.63) is 18.2 Å². The van der Waals surface area contributed by atoms with E-state index < -0.39 is 42.0 Å². The summed E-state index contributed by atoms with van der Waals surface area (Å²) in [7, 11) is 0. The first-order chi connectivity index (χ1) is 18.2. The third-order valence-electron chi connectivity index (χ3n) is 6.13. The van der Waals surface area contributed by atoms with E-state index in [0.29, 0.717) is 44.5 Å². The van der Waals surface area contributed by atoms with Gasteiger partial charge in [0.25, 0.3) is 0 Å². The van der Waals surface area contributed by atoms with Gasteiger partial charge in [0.15, 0.2) is 5.96 Å². The van der Waals surface area contributed by atoms with E-state index in [2.05, 4.69) is 36.2 Å². The van der Waals surface area contributed by atoms with Crippen LogP contribution in [-0.2, 0) is 25.6 Å². The molecule has 0 saturated carbocycles. The van der Waals surface area contributed by atoms with Gasteiger partial charge in [-0.05, 0) is 58.0 Å². The molecule has 1 aliphatic heterocycles. The normalized spacial score (nSPS) is 17.1. The highest BCUT2D eigenvalue weighted by Gasteiger charge is 2.31. The van der Waals surface area contributed by atoms with Crippen molar-refractivity contribution in [1.82, 2.24) is 31.2 Å². The Morgan fingerprint density at radius 1 is 1.05 bits per heavy atom. The zero-order valence-corrected chi connectivity index (χ0v) is 21.4. The van der Waals surface area contributed by atoms with Crippen molar-refractivity contribution in [3.8, 4) is 0 Å². The number of carbonyl (C=O) groups is 4. The number of aliphatic imine (C=N–C) groups is 1. The predicted molar refractivity (Wildman–Crippen MR) is 140 cm³/mol. The van der Waals surface area contributed by atoms with Gasteiger partial charge >= 0.3 is 5.97 Å². The minimum atomic E-state index is -1.24. The van der Waals surface area contributed by atoms with Crippen molar-refractivity contribution in [2.24, 2.45) is 22.2 Å². The Bertz CT molecular complexity index is 929. The average molecular weight is 537 g/mol. The van der Waals surface area contributed by atoms with E-state index in [0.717, 1.165) is 6.42 Å². The maximum atomic E-state index is 13.3. The summed E-state index contributed by atoms with van der Waals surface area (Å²) in [6.45, 7) is 1.38. The van der Waals surface area contributed by atoms with Gasteiger partial charge in [0.2, 0.25) is 17.7 Å². The van der Waals surface area contributed by atoms with Gasteiger partial charge in [-0.1, -0.05) is 0 Å². The highest BCUT2D eigenvalue weighted by molar-refractivity contribution is 5.94. The average Bonchev–Trinajstić information content (AvgIpc) is 3.59. The van der Waals surface area contributed by atoms with Crippen molar-refractivity contribution in [2.75, 3.05) is 19.6 Å². The fraction of sp³-hybridized carbons (Fsp3) is 0.652. The number of aromatic nitrogens is 2. The zero-order chi connectivity index (χ0) is 27.9. The third-order valence-corrected chi connectivity index (χ3v) is 6.13. The van der Waals surface area contributed by atoms with Crippen molar-refractivity contribution in [3.63, 3.8) is 0 Å². The molecule has 2 rings (SSSR count). The molecule has 2 heterocycles. The number of nitrogens with two attached hydrogens (primary N) is 3. The number of hydrogen-bond donors (Lipinski definition) is 9. The summed E-state index contributed by atoms with van der Waals surface area (Å²) in [6, 6.07) is -3.60. The molecule has 1 fully saturated rings. The summed E-state index contributed by atoms with van der Waals surface area (Å²) in [5, 5.41) is 20.7. The first-order valence-corrected chi connectivity index (χ1v) is 12.8. The molecule has 15 heteroatoms. The van der Waals surface area contributed by atoms with Crippen LogP contribution in [-0.4, -0.2) is 88.5 Å². The first-order valence-electron chi connectivity index (χ1n) is 12.8. The van der Waals surface area contributed by atoms with E-state index in [1.165, 1.54) is 12.5 Å². The summed E-state index contributed by atoms with van der Waals surface area (Å²) in [6.07, 6.45) is 6.40. The molecule has 38 heavy (non-hydrogen) atoms. The number of amides is 3. The van der Waals surface area contributed by atoms with E-state index in [9.17, 15) is 24.3 Å². The van der Waals surface area contributed by atoms with Crippen LogP contribution in [0.4, 0.5) is 0 Å². The Morgan fingerprint density at radius 3 is 2.32 bits per heavy atom. The van der Waals surface area contributed by atoms with E-state index >= 15 is 0 Å². The van der Waals surface area contributed by atoms with Gasteiger partial charge in [0.1, 0.15) is 18.1 Å². The van der Waals surface area contributed by atoms with Gasteiger partial charge in [-0.3, -0.25) is 19.4 Å². The SMILES string of the molecule is NCCCCC(NC(=O)C(CCCN=C(N)N)NC(=O)C1CCCN1)C(=O)NC(Cc1cnc[nH]1)C(=O)O. The van der Waals surface area contributed by atoms with E-state index in [4.69, 9.17) is 17.2 Å². The molecular weight excluding hydrogens is 496 g/mol. The number of carboxylic acid groups (broad SMARTS) is 1. The monoisotopic (exact) mass is 536 g/mol. The van der Waals surface area contributed by atoms with Gasteiger partial charge in [-0.2, -0.15) is 0 Å². The van der Waals surface area contributed by atoms with Crippen LogP contribution in [0.15, 0.2) is 17.5 Å². The van der Waals surface area contributed by atoms with Crippen molar-refractivity contribution >= 4 is 29.7 Å². The van der Waals surface area contributed by atoms with Crippen LogP contribution in [0.5, 0.6) is 0 Å². The molecule has 1 saturated heterocycles. The lowest BCUT2D eigenvalue weighted by molar-refractivity contribution is -0.142. The molecule has 0 spiro atoms. The number of aromatic amines is 1. The minimum Gasteiger partial charge on any atom is -0.480 e. The number of hydrogen-bond acceptors (Lipinski definition) is 8. The van der Waals surface area contributed by atoms with Crippen molar-refractivity contribution < 1.29 is 24.3 Å². The second-order valence-electron chi connectivity index (χ2n) is 9.18. The molecular formula is C23H40N10O5. The number of nitrogens with zero attached hydrogens (tertiary/aromatic N) is 2. The number of H-pyrrole nitrogens is 1. The Morgan fingerprint density at radius 2 is 1.74 bits per heavy atom. The molecule has 4 unspecified atom stereocenters. The molecule has 12 N–H and O–H groups in total. The quantitative estimate of drug-likeness (QED) is 0.0571.